The molecule has 1 unspecified atom stereocenters. The maximum absolute atomic E-state index is 13.5. The average Bonchev–Trinajstić information content (AvgIpc) is 3.14. The van der Waals surface area contributed by atoms with Crippen molar-refractivity contribution in [2.75, 3.05) is 19.6 Å². The van der Waals surface area contributed by atoms with Crippen molar-refractivity contribution >= 4 is 11.8 Å². The first-order valence-corrected chi connectivity index (χ1v) is 10.2. The number of amides is 2. The van der Waals surface area contributed by atoms with Crippen molar-refractivity contribution in [1.82, 2.24) is 14.8 Å². The van der Waals surface area contributed by atoms with Gasteiger partial charge in [-0.15, -0.1) is 0 Å². The summed E-state index contributed by atoms with van der Waals surface area (Å²) in [6.45, 7) is 4.06. The number of pyridine rings is 1. The molecule has 1 aromatic heterocycles. The molecular weight excluding hydrogens is 350 g/mol. The Hall–Kier alpha value is -2.69. The van der Waals surface area contributed by atoms with Crippen molar-refractivity contribution < 1.29 is 9.59 Å². The fourth-order valence-corrected chi connectivity index (χ4v) is 4.67. The van der Waals surface area contributed by atoms with Crippen LogP contribution in [0.2, 0.25) is 0 Å². The van der Waals surface area contributed by atoms with Crippen LogP contribution in [0.15, 0.2) is 48.8 Å². The normalized spacial score (nSPS) is 22.1. The molecule has 2 amide bonds. The van der Waals surface area contributed by atoms with Gasteiger partial charge in [-0.25, -0.2) is 0 Å². The van der Waals surface area contributed by atoms with Crippen LogP contribution in [0.1, 0.15) is 47.2 Å². The van der Waals surface area contributed by atoms with E-state index in [-0.39, 0.29) is 11.8 Å². The summed E-state index contributed by atoms with van der Waals surface area (Å²) in [4.78, 5) is 34.7. The van der Waals surface area contributed by atoms with Crippen molar-refractivity contribution in [3.8, 4) is 0 Å². The number of carbonyl (C=O) groups excluding carboxylic acids is 2. The third kappa shape index (κ3) is 3.41. The largest absolute Gasteiger partial charge is 0.340 e. The lowest BCUT2D eigenvalue weighted by atomic mass is 9.85. The second kappa shape index (κ2) is 7.74. The van der Waals surface area contributed by atoms with E-state index < -0.39 is 5.54 Å². The Morgan fingerprint density at radius 3 is 2.61 bits per heavy atom. The van der Waals surface area contributed by atoms with Crippen LogP contribution in [0, 0.1) is 6.92 Å². The fourth-order valence-electron chi connectivity index (χ4n) is 4.67. The van der Waals surface area contributed by atoms with Crippen LogP contribution in [0.4, 0.5) is 0 Å². The molecule has 4 rings (SSSR count). The Labute approximate surface area is 166 Å². The average molecular weight is 377 g/mol. The first kappa shape index (κ1) is 18.7. The van der Waals surface area contributed by atoms with Crippen LogP contribution >= 0.6 is 0 Å². The van der Waals surface area contributed by atoms with Crippen LogP contribution in [0.3, 0.4) is 0 Å². The Kier molecular flexibility index (Phi) is 5.16. The Balaban J connectivity index is 1.53. The van der Waals surface area contributed by atoms with E-state index in [0.29, 0.717) is 18.7 Å². The lowest BCUT2D eigenvalue weighted by molar-refractivity contribution is -0.145. The Morgan fingerprint density at radius 1 is 1.11 bits per heavy atom. The lowest BCUT2D eigenvalue weighted by Gasteiger charge is -2.44. The number of nitrogens with zero attached hydrogens (tertiary/aromatic N) is 3. The van der Waals surface area contributed by atoms with Gasteiger partial charge in [0.15, 0.2) is 0 Å². The molecule has 28 heavy (non-hydrogen) atoms. The predicted molar refractivity (Wildman–Crippen MR) is 108 cm³/mol. The van der Waals surface area contributed by atoms with Crippen molar-refractivity contribution in [3.05, 3.63) is 65.5 Å². The molecule has 146 valence electrons. The molecule has 2 saturated heterocycles. The standard InChI is InChI=1S/C23H27N3O2/c1-18-15-20(17-24-16-18)21(27)26-13-6-11-23(26)10-5-12-25(22(23)28)14-9-19-7-3-2-4-8-19/h2-4,7-8,15-17H,5-6,9-14H2,1H3. The van der Waals surface area contributed by atoms with E-state index in [4.69, 9.17) is 0 Å². The lowest BCUT2D eigenvalue weighted by Crippen LogP contribution is -2.61. The highest BCUT2D eigenvalue weighted by molar-refractivity contribution is 6.00. The number of likely N-dealkylation sites (tertiary alicyclic amines) is 2. The summed E-state index contributed by atoms with van der Waals surface area (Å²) in [7, 11) is 0. The summed E-state index contributed by atoms with van der Waals surface area (Å²) < 4.78 is 0. The molecule has 0 radical (unpaired) electrons. The third-order valence-electron chi connectivity index (χ3n) is 6.07. The van der Waals surface area contributed by atoms with E-state index >= 15 is 0 Å². The number of carbonyl (C=O) groups is 2. The number of hydrogen-bond acceptors (Lipinski definition) is 3. The van der Waals surface area contributed by atoms with Gasteiger partial charge in [-0.05, 0) is 56.2 Å². The van der Waals surface area contributed by atoms with Gasteiger partial charge in [0.25, 0.3) is 5.91 Å². The topological polar surface area (TPSA) is 53.5 Å². The number of rotatable bonds is 4. The molecule has 0 bridgehead atoms. The maximum Gasteiger partial charge on any atom is 0.256 e. The summed E-state index contributed by atoms with van der Waals surface area (Å²) in [6.07, 6.45) is 7.55. The summed E-state index contributed by atoms with van der Waals surface area (Å²) in [6, 6.07) is 12.1. The second-order valence-electron chi connectivity index (χ2n) is 7.97. The van der Waals surface area contributed by atoms with Gasteiger partial charge in [-0.3, -0.25) is 14.6 Å². The number of hydrogen-bond donors (Lipinski definition) is 0. The van der Waals surface area contributed by atoms with E-state index in [9.17, 15) is 9.59 Å². The van der Waals surface area contributed by atoms with Gasteiger partial charge in [0, 0.05) is 32.0 Å². The van der Waals surface area contributed by atoms with Crippen molar-refractivity contribution in [3.63, 3.8) is 0 Å². The molecule has 5 heteroatoms. The first-order chi connectivity index (χ1) is 13.6. The molecule has 0 aliphatic carbocycles. The number of benzene rings is 1. The minimum absolute atomic E-state index is 0.0630. The molecule has 1 atom stereocenters. The van der Waals surface area contributed by atoms with E-state index in [1.165, 1.54) is 5.56 Å². The highest BCUT2D eigenvalue weighted by Gasteiger charge is 2.52. The second-order valence-corrected chi connectivity index (χ2v) is 7.97. The zero-order chi connectivity index (χ0) is 19.6. The van der Waals surface area contributed by atoms with Crippen molar-refractivity contribution in [2.45, 2.75) is 44.6 Å². The molecular formula is C23H27N3O2. The molecule has 0 saturated carbocycles. The van der Waals surface area contributed by atoms with Gasteiger partial charge in [0.05, 0.1) is 5.56 Å². The van der Waals surface area contributed by atoms with Crippen LogP contribution < -0.4 is 0 Å². The van der Waals surface area contributed by atoms with E-state index in [1.54, 1.807) is 12.4 Å². The molecule has 5 nitrogen and oxygen atoms in total. The van der Waals surface area contributed by atoms with E-state index in [1.807, 2.05) is 41.0 Å². The van der Waals surface area contributed by atoms with Crippen LogP contribution in [0.25, 0.3) is 0 Å². The van der Waals surface area contributed by atoms with Gasteiger partial charge < -0.3 is 9.80 Å². The third-order valence-corrected chi connectivity index (χ3v) is 6.07. The van der Waals surface area contributed by atoms with Gasteiger partial charge >= 0.3 is 0 Å². The number of aromatic nitrogens is 1. The zero-order valence-corrected chi connectivity index (χ0v) is 16.4. The number of aryl methyl sites for hydroxylation is 1. The van der Waals surface area contributed by atoms with Gasteiger partial charge in [0.2, 0.25) is 5.91 Å². The first-order valence-electron chi connectivity index (χ1n) is 10.2. The maximum atomic E-state index is 13.5. The predicted octanol–water partition coefficient (Wildman–Crippen LogP) is 3.23. The smallest absolute Gasteiger partial charge is 0.256 e. The summed E-state index contributed by atoms with van der Waals surface area (Å²) >= 11 is 0. The molecule has 2 aliphatic rings. The monoisotopic (exact) mass is 377 g/mol. The van der Waals surface area contributed by atoms with Crippen molar-refractivity contribution in [1.29, 1.82) is 0 Å². The summed E-state index contributed by atoms with van der Waals surface area (Å²) in [5.74, 6) is 0.0631. The Morgan fingerprint density at radius 2 is 1.86 bits per heavy atom. The molecule has 2 aromatic rings. The summed E-state index contributed by atoms with van der Waals surface area (Å²) in [5, 5.41) is 0. The molecule has 0 N–H and O–H groups in total. The highest BCUT2D eigenvalue weighted by Crippen LogP contribution is 2.39. The fraction of sp³-hybridized carbons (Fsp3) is 0.435. The quantitative estimate of drug-likeness (QED) is 0.822. The van der Waals surface area contributed by atoms with E-state index in [0.717, 1.165) is 44.2 Å². The van der Waals surface area contributed by atoms with Crippen LogP contribution in [0.5, 0.6) is 0 Å². The molecule has 2 fully saturated rings. The molecule has 1 aromatic carbocycles. The summed E-state index contributed by atoms with van der Waals surface area (Å²) in [5.41, 5.74) is 2.10. The zero-order valence-electron chi connectivity index (χ0n) is 16.4. The highest BCUT2D eigenvalue weighted by atomic mass is 16.2. The van der Waals surface area contributed by atoms with Crippen LogP contribution in [-0.4, -0.2) is 51.8 Å². The van der Waals surface area contributed by atoms with E-state index in [2.05, 4.69) is 17.1 Å². The minimum Gasteiger partial charge on any atom is -0.340 e. The molecule has 2 aliphatic heterocycles. The molecule has 1 spiro atoms. The molecule has 3 heterocycles. The number of piperidine rings is 1. The van der Waals surface area contributed by atoms with Crippen molar-refractivity contribution in [2.24, 2.45) is 0 Å². The SMILES string of the molecule is Cc1cncc(C(=O)N2CCCC23CCCN(CCc2ccccc2)C3=O)c1. The van der Waals surface area contributed by atoms with Gasteiger partial charge in [-0.2, -0.15) is 0 Å². The minimum atomic E-state index is -0.671. The Bertz CT molecular complexity index is 867. The van der Waals surface area contributed by atoms with Crippen LogP contribution in [-0.2, 0) is 11.2 Å². The van der Waals surface area contributed by atoms with Gasteiger partial charge in [0.1, 0.15) is 5.54 Å². The van der Waals surface area contributed by atoms with Gasteiger partial charge in [-0.1, -0.05) is 30.3 Å².